The van der Waals surface area contributed by atoms with Crippen molar-refractivity contribution in [3.05, 3.63) is 48.0 Å². The number of halogens is 1. The highest BCUT2D eigenvalue weighted by Crippen LogP contribution is 2.49. The van der Waals surface area contributed by atoms with Crippen molar-refractivity contribution >= 4 is 29.0 Å². The zero-order valence-electron chi connectivity index (χ0n) is 19.7. The maximum Gasteiger partial charge on any atom is 0.251 e. The summed E-state index contributed by atoms with van der Waals surface area (Å²) in [5, 5.41) is 3.10. The van der Waals surface area contributed by atoms with Gasteiger partial charge < -0.3 is 38.7 Å². The summed E-state index contributed by atoms with van der Waals surface area (Å²) < 4.78 is 1.14. The first-order valence-corrected chi connectivity index (χ1v) is 12.5. The first-order valence-electron chi connectivity index (χ1n) is 11.7. The topological polar surface area (TPSA) is 32.3 Å². The SMILES string of the molecule is CC(C)CCNC(=O)c1ccc2c(c1)N(C(C)C[N+]1(C)CCCC1)c1ccccc1S2.[I-]. The number of hydrogen-bond acceptors (Lipinski definition) is 3. The molecule has 2 heterocycles. The molecule has 2 aliphatic heterocycles. The average Bonchev–Trinajstić information content (AvgIpc) is 3.16. The van der Waals surface area contributed by atoms with E-state index in [9.17, 15) is 4.79 Å². The fourth-order valence-corrected chi connectivity index (χ4v) is 6.03. The molecule has 1 N–H and O–H groups in total. The van der Waals surface area contributed by atoms with E-state index < -0.39 is 0 Å². The molecule has 0 aliphatic carbocycles. The van der Waals surface area contributed by atoms with E-state index in [2.05, 4.69) is 74.4 Å². The predicted molar refractivity (Wildman–Crippen MR) is 130 cm³/mol. The molecule has 0 saturated carbocycles. The van der Waals surface area contributed by atoms with Crippen LogP contribution in [-0.4, -0.2) is 49.7 Å². The minimum atomic E-state index is 0. The van der Waals surface area contributed by atoms with E-state index in [0.717, 1.165) is 29.6 Å². The Labute approximate surface area is 214 Å². The molecule has 1 fully saturated rings. The van der Waals surface area contributed by atoms with Crippen LogP contribution in [0.1, 0.15) is 50.4 Å². The number of hydrogen-bond donors (Lipinski definition) is 1. The lowest BCUT2D eigenvalue weighted by atomic mass is 10.1. The molecule has 0 bridgehead atoms. The van der Waals surface area contributed by atoms with Gasteiger partial charge in [0.2, 0.25) is 0 Å². The number of rotatable bonds is 7. The molecule has 2 aromatic rings. The van der Waals surface area contributed by atoms with E-state index in [1.54, 1.807) is 0 Å². The molecular formula is C26H36IN3OS. The number of para-hydroxylation sites is 1. The van der Waals surface area contributed by atoms with Gasteiger partial charge in [-0.05, 0) is 49.6 Å². The third-order valence-electron chi connectivity index (χ3n) is 6.62. The Bertz CT molecular complexity index is 942. The Balaban J connectivity index is 0.00000289. The van der Waals surface area contributed by atoms with Crippen molar-refractivity contribution in [3.63, 3.8) is 0 Å². The van der Waals surface area contributed by atoms with Crippen molar-refractivity contribution < 1.29 is 33.3 Å². The fourth-order valence-electron chi connectivity index (χ4n) is 4.98. The highest BCUT2D eigenvalue weighted by molar-refractivity contribution is 7.99. The van der Waals surface area contributed by atoms with Crippen molar-refractivity contribution in [2.24, 2.45) is 5.92 Å². The number of nitrogens with zero attached hydrogens (tertiary/aromatic N) is 2. The number of anilines is 2. The van der Waals surface area contributed by atoms with Gasteiger partial charge in [-0.3, -0.25) is 4.79 Å². The zero-order chi connectivity index (χ0) is 22.0. The number of carbonyl (C=O) groups is 1. The second-order valence-corrected chi connectivity index (χ2v) is 10.9. The quantitative estimate of drug-likeness (QED) is 0.414. The van der Waals surface area contributed by atoms with Crippen LogP contribution in [-0.2, 0) is 0 Å². The summed E-state index contributed by atoms with van der Waals surface area (Å²) >= 11 is 1.81. The molecule has 2 aromatic carbocycles. The van der Waals surface area contributed by atoms with Crippen LogP contribution in [0.3, 0.4) is 0 Å². The van der Waals surface area contributed by atoms with E-state index in [-0.39, 0.29) is 29.9 Å². The summed E-state index contributed by atoms with van der Waals surface area (Å²) in [6.45, 7) is 11.1. The van der Waals surface area contributed by atoms with Crippen LogP contribution in [0.25, 0.3) is 0 Å². The maximum atomic E-state index is 12.8. The van der Waals surface area contributed by atoms with Gasteiger partial charge in [-0.15, -0.1) is 0 Å². The van der Waals surface area contributed by atoms with Crippen LogP contribution < -0.4 is 34.2 Å². The first kappa shape index (κ1) is 25.4. The monoisotopic (exact) mass is 565 g/mol. The molecular weight excluding hydrogens is 529 g/mol. The largest absolute Gasteiger partial charge is 1.00 e. The van der Waals surface area contributed by atoms with Crippen LogP contribution in [0.15, 0.2) is 52.3 Å². The molecule has 1 unspecified atom stereocenters. The molecule has 1 atom stereocenters. The summed E-state index contributed by atoms with van der Waals surface area (Å²) in [6, 6.07) is 15.2. The predicted octanol–water partition coefficient (Wildman–Crippen LogP) is 2.70. The molecule has 32 heavy (non-hydrogen) atoms. The number of likely N-dealkylation sites (N-methyl/N-ethyl adjacent to an activating group) is 1. The number of likely N-dealkylation sites (tertiary alicyclic amines) is 1. The highest BCUT2D eigenvalue weighted by Gasteiger charge is 2.34. The Morgan fingerprint density at radius 3 is 2.47 bits per heavy atom. The Morgan fingerprint density at radius 1 is 1.06 bits per heavy atom. The van der Waals surface area contributed by atoms with Gasteiger partial charge in [0.15, 0.2) is 0 Å². The summed E-state index contributed by atoms with van der Waals surface area (Å²) in [4.78, 5) is 17.8. The molecule has 4 rings (SSSR count). The molecule has 6 heteroatoms. The van der Waals surface area contributed by atoms with Crippen molar-refractivity contribution in [2.45, 2.75) is 55.9 Å². The Morgan fingerprint density at radius 2 is 1.75 bits per heavy atom. The van der Waals surface area contributed by atoms with Crippen LogP contribution >= 0.6 is 11.8 Å². The van der Waals surface area contributed by atoms with Crippen molar-refractivity contribution in [3.8, 4) is 0 Å². The molecule has 1 saturated heterocycles. The number of fused-ring (bicyclic) bond motifs is 2. The standard InChI is InChI=1S/C26H35N3OS.HI/c1-19(2)13-14-27-26(30)21-11-12-25-23(17-21)28(22-9-5-6-10-24(22)31-25)20(3)18-29(4)15-7-8-16-29;/h5-6,9-12,17,19-20H,7-8,13-16,18H2,1-4H3;1H. The van der Waals surface area contributed by atoms with E-state index in [4.69, 9.17) is 0 Å². The normalized spacial score (nSPS) is 17.3. The third-order valence-corrected chi connectivity index (χ3v) is 7.75. The smallest absolute Gasteiger partial charge is 0.251 e. The minimum Gasteiger partial charge on any atom is -1.00 e. The van der Waals surface area contributed by atoms with Gasteiger partial charge in [0.05, 0.1) is 44.1 Å². The van der Waals surface area contributed by atoms with Crippen molar-refractivity contribution in [1.82, 2.24) is 5.32 Å². The van der Waals surface area contributed by atoms with Crippen LogP contribution in [0, 0.1) is 5.92 Å². The zero-order valence-corrected chi connectivity index (χ0v) is 22.7. The molecule has 1 amide bonds. The summed E-state index contributed by atoms with van der Waals surface area (Å²) in [5.41, 5.74) is 3.18. The van der Waals surface area contributed by atoms with Crippen LogP contribution in [0.4, 0.5) is 11.4 Å². The molecule has 0 aromatic heterocycles. The van der Waals surface area contributed by atoms with Crippen LogP contribution in [0.5, 0.6) is 0 Å². The molecule has 174 valence electrons. The lowest BCUT2D eigenvalue weighted by molar-refractivity contribution is -0.898. The van der Waals surface area contributed by atoms with Gasteiger partial charge in [0.25, 0.3) is 5.91 Å². The Kier molecular flexibility index (Phi) is 8.55. The second-order valence-electron chi connectivity index (χ2n) is 9.87. The molecule has 0 radical (unpaired) electrons. The summed E-state index contributed by atoms with van der Waals surface area (Å²) in [6.07, 6.45) is 3.65. The number of nitrogens with one attached hydrogen (secondary N) is 1. The molecule has 0 spiro atoms. The highest BCUT2D eigenvalue weighted by atomic mass is 127. The summed E-state index contributed by atoms with van der Waals surface area (Å²) in [5.74, 6) is 0.613. The number of benzene rings is 2. The average molecular weight is 566 g/mol. The molecule has 4 nitrogen and oxygen atoms in total. The lowest BCUT2D eigenvalue weighted by Gasteiger charge is -2.41. The van der Waals surface area contributed by atoms with Gasteiger partial charge in [0.1, 0.15) is 0 Å². The van der Waals surface area contributed by atoms with Gasteiger partial charge in [0, 0.05) is 34.7 Å². The van der Waals surface area contributed by atoms with Gasteiger partial charge in [-0.1, -0.05) is 37.7 Å². The number of quaternary nitrogens is 1. The van der Waals surface area contributed by atoms with Crippen molar-refractivity contribution in [1.29, 1.82) is 0 Å². The van der Waals surface area contributed by atoms with E-state index >= 15 is 0 Å². The minimum absolute atomic E-state index is 0. The lowest BCUT2D eigenvalue weighted by Crippen LogP contribution is -3.00. The number of carbonyl (C=O) groups excluding carboxylic acids is 1. The number of amides is 1. The van der Waals surface area contributed by atoms with E-state index in [1.807, 2.05) is 17.8 Å². The maximum absolute atomic E-state index is 12.8. The fraction of sp³-hybridized carbons (Fsp3) is 0.500. The van der Waals surface area contributed by atoms with Gasteiger partial charge in [-0.2, -0.15) is 0 Å². The first-order chi connectivity index (χ1) is 14.9. The Hall–Kier alpha value is -1.25. The summed E-state index contributed by atoms with van der Waals surface area (Å²) in [7, 11) is 2.40. The second kappa shape index (κ2) is 10.8. The van der Waals surface area contributed by atoms with E-state index in [1.165, 1.54) is 47.1 Å². The van der Waals surface area contributed by atoms with Crippen molar-refractivity contribution in [2.75, 3.05) is 38.1 Å². The van der Waals surface area contributed by atoms with E-state index in [0.29, 0.717) is 12.0 Å². The van der Waals surface area contributed by atoms with Gasteiger partial charge in [-0.25, -0.2) is 0 Å². The van der Waals surface area contributed by atoms with Crippen LogP contribution in [0.2, 0.25) is 0 Å². The third kappa shape index (κ3) is 5.62. The van der Waals surface area contributed by atoms with Gasteiger partial charge >= 0.3 is 0 Å². The molecule has 2 aliphatic rings.